The summed E-state index contributed by atoms with van der Waals surface area (Å²) in [7, 11) is 1.96. The molecule has 2 N–H and O–H groups in total. The van der Waals surface area contributed by atoms with E-state index in [0.717, 1.165) is 29.1 Å². The van der Waals surface area contributed by atoms with Crippen molar-refractivity contribution in [1.29, 1.82) is 0 Å². The fourth-order valence-electron chi connectivity index (χ4n) is 3.10. The molecule has 136 valence electrons. The van der Waals surface area contributed by atoms with Crippen LogP contribution in [0.5, 0.6) is 0 Å². The van der Waals surface area contributed by atoms with Gasteiger partial charge in [-0.3, -0.25) is 0 Å². The van der Waals surface area contributed by atoms with Gasteiger partial charge in [0.2, 0.25) is 0 Å². The molecule has 7 nitrogen and oxygen atoms in total. The van der Waals surface area contributed by atoms with Crippen molar-refractivity contribution >= 4 is 5.96 Å². The van der Waals surface area contributed by atoms with Gasteiger partial charge in [0.05, 0.1) is 6.04 Å². The fourth-order valence-corrected chi connectivity index (χ4v) is 3.10. The summed E-state index contributed by atoms with van der Waals surface area (Å²) in [6.45, 7) is 6.47. The molecule has 0 amide bonds. The standard InChI is InChI=1S/C18H28N6O/c1-12-9-10-16(25-12)13(2)20-18(21-15-7-5-6-8-15)19-11-17-23-22-14(3)24(17)4/h9-10,13,15H,5-8,11H2,1-4H3,(H2,19,20,21). The molecule has 1 atom stereocenters. The molecule has 0 spiro atoms. The number of aryl methyl sites for hydroxylation is 2. The molecule has 0 aromatic carbocycles. The molecule has 2 aromatic rings. The van der Waals surface area contributed by atoms with Crippen LogP contribution in [0.3, 0.4) is 0 Å². The van der Waals surface area contributed by atoms with E-state index in [1.54, 1.807) is 0 Å². The van der Waals surface area contributed by atoms with E-state index in [1.807, 2.05) is 37.6 Å². The molecule has 1 unspecified atom stereocenters. The summed E-state index contributed by atoms with van der Waals surface area (Å²) in [6, 6.07) is 4.52. The Kier molecular flexibility index (Phi) is 5.40. The van der Waals surface area contributed by atoms with Crippen molar-refractivity contribution in [3.8, 4) is 0 Å². The van der Waals surface area contributed by atoms with Gasteiger partial charge in [-0.15, -0.1) is 10.2 Å². The van der Waals surface area contributed by atoms with Crippen LogP contribution in [0.1, 0.15) is 61.8 Å². The molecule has 1 saturated carbocycles. The van der Waals surface area contributed by atoms with Crippen molar-refractivity contribution in [3.63, 3.8) is 0 Å². The molecule has 3 rings (SSSR count). The summed E-state index contributed by atoms with van der Waals surface area (Å²) in [5.74, 6) is 4.37. The molecular formula is C18H28N6O. The molecule has 2 aromatic heterocycles. The molecule has 0 aliphatic heterocycles. The highest BCUT2D eigenvalue weighted by atomic mass is 16.3. The highest BCUT2D eigenvalue weighted by molar-refractivity contribution is 5.80. The van der Waals surface area contributed by atoms with E-state index in [1.165, 1.54) is 25.7 Å². The van der Waals surface area contributed by atoms with E-state index in [0.29, 0.717) is 12.6 Å². The van der Waals surface area contributed by atoms with Gasteiger partial charge in [0.25, 0.3) is 0 Å². The normalized spacial score (nSPS) is 17.0. The van der Waals surface area contributed by atoms with Crippen molar-refractivity contribution in [1.82, 2.24) is 25.4 Å². The van der Waals surface area contributed by atoms with Crippen molar-refractivity contribution in [2.24, 2.45) is 12.0 Å². The fraction of sp³-hybridized carbons (Fsp3) is 0.611. The van der Waals surface area contributed by atoms with Gasteiger partial charge in [-0.1, -0.05) is 12.8 Å². The maximum atomic E-state index is 5.73. The number of aromatic nitrogens is 3. The Morgan fingerprint density at radius 1 is 1.32 bits per heavy atom. The molecule has 0 saturated heterocycles. The number of nitrogens with one attached hydrogen (secondary N) is 2. The Balaban J connectivity index is 1.71. The van der Waals surface area contributed by atoms with Crippen LogP contribution in [0.2, 0.25) is 0 Å². The lowest BCUT2D eigenvalue weighted by Crippen LogP contribution is -2.43. The third-order valence-electron chi connectivity index (χ3n) is 4.80. The topological polar surface area (TPSA) is 80.3 Å². The monoisotopic (exact) mass is 344 g/mol. The molecular weight excluding hydrogens is 316 g/mol. The lowest BCUT2D eigenvalue weighted by Gasteiger charge is -2.20. The Hall–Kier alpha value is -2.31. The second-order valence-corrected chi connectivity index (χ2v) is 6.83. The van der Waals surface area contributed by atoms with Gasteiger partial charge in [0.15, 0.2) is 11.8 Å². The number of guanidine groups is 1. The first kappa shape index (κ1) is 17.5. The third kappa shape index (κ3) is 4.41. The minimum atomic E-state index is 0.0441. The predicted molar refractivity (Wildman–Crippen MR) is 97.3 cm³/mol. The third-order valence-corrected chi connectivity index (χ3v) is 4.80. The van der Waals surface area contributed by atoms with E-state index in [9.17, 15) is 0 Å². The van der Waals surface area contributed by atoms with Gasteiger partial charge in [0.1, 0.15) is 23.9 Å². The van der Waals surface area contributed by atoms with Crippen LogP contribution >= 0.6 is 0 Å². The number of nitrogens with zero attached hydrogens (tertiary/aromatic N) is 4. The Labute approximate surface area is 148 Å². The minimum Gasteiger partial charge on any atom is -0.464 e. The molecule has 25 heavy (non-hydrogen) atoms. The average molecular weight is 344 g/mol. The minimum absolute atomic E-state index is 0.0441. The van der Waals surface area contributed by atoms with Crippen molar-refractivity contribution in [3.05, 3.63) is 35.3 Å². The van der Waals surface area contributed by atoms with Gasteiger partial charge in [0, 0.05) is 13.1 Å². The zero-order chi connectivity index (χ0) is 17.8. The Bertz CT molecular complexity index is 726. The SMILES string of the molecule is Cc1ccc(C(C)NC(=NCc2nnc(C)n2C)NC2CCCC2)o1. The number of aliphatic imine (C=N–C) groups is 1. The van der Waals surface area contributed by atoms with Crippen LogP contribution in [0.25, 0.3) is 0 Å². The van der Waals surface area contributed by atoms with Crippen LogP contribution in [-0.4, -0.2) is 26.8 Å². The Morgan fingerprint density at radius 3 is 2.68 bits per heavy atom. The van der Waals surface area contributed by atoms with Crippen LogP contribution in [0.15, 0.2) is 21.5 Å². The van der Waals surface area contributed by atoms with E-state index in [2.05, 4.69) is 27.8 Å². The molecule has 0 radical (unpaired) electrons. The van der Waals surface area contributed by atoms with Gasteiger partial charge in [-0.25, -0.2) is 4.99 Å². The van der Waals surface area contributed by atoms with Gasteiger partial charge >= 0.3 is 0 Å². The molecule has 2 heterocycles. The first-order valence-corrected chi connectivity index (χ1v) is 9.01. The van der Waals surface area contributed by atoms with Crippen LogP contribution in [0, 0.1) is 13.8 Å². The number of rotatable bonds is 5. The van der Waals surface area contributed by atoms with Crippen molar-refractivity contribution in [2.45, 2.75) is 65.1 Å². The largest absolute Gasteiger partial charge is 0.464 e. The maximum absolute atomic E-state index is 5.73. The lowest BCUT2D eigenvalue weighted by atomic mass is 10.2. The molecule has 7 heteroatoms. The van der Waals surface area contributed by atoms with Crippen molar-refractivity contribution in [2.75, 3.05) is 0 Å². The molecule has 1 fully saturated rings. The van der Waals surface area contributed by atoms with E-state index < -0.39 is 0 Å². The summed E-state index contributed by atoms with van der Waals surface area (Å²) in [6.07, 6.45) is 4.94. The van der Waals surface area contributed by atoms with Crippen molar-refractivity contribution < 1.29 is 4.42 Å². The second kappa shape index (κ2) is 7.72. The maximum Gasteiger partial charge on any atom is 0.192 e. The number of hydrogen-bond acceptors (Lipinski definition) is 4. The molecule has 1 aliphatic carbocycles. The average Bonchev–Trinajstić information content (AvgIpc) is 3.30. The first-order valence-electron chi connectivity index (χ1n) is 9.01. The predicted octanol–water partition coefficient (Wildman–Crippen LogP) is 2.76. The smallest absolute Gasteiger partial charge is 0.192 e. The molecule has 0 bridgehead atoms. The highest BCUT2D eigenvalue weighted by Gasteiger charge is 2.18. The highest BCUT2D eigenvalue weighted by Crippen LogP contribution is 2.19. The lowest BCUT2D eigenvalue weighted by molar-refractivity contribution is 0.439. The van der Waals surface area contributed by atoms with Crippen LogP contribution in [0.4, 0.5) is 0 Å². The number of furan rings is 1. The van der Waals surface area contributed by atoms with Gasteiger partial charge in [-0.05, 0) is 45.7 Å². The second-order valence-electron chi connectivity index (χ2n) is 6.83. The van der Waals surface area contributed by atoms with Gasteiger partial charge in [-0.2, -0.15) is 0 Å². The van der Waals surface area contributed by atoms with E-state index in [4.69, 9.17) is 9.41 Å². The van der Waals surface area contributed by atoms with Crippen LogP contribution < -0.4 is 10.6 Å². The number of hydrogen-bond donors (Lipinski definition) is 2. The quantitative estimate of drug-likeness (QED) is 0.644. The summed E-state index contributed by atoms with van der Waals surface area (Å²) in [5.41, 5.74) is 0. The van der Waals surface area contributed by atoms with E-state index >= 15 is 0 Å². The zero-order valence-electron chi connectivity index (χ0n) is 15.5. The van der Waals surface area contributed by atoms with Gasteiger partial charge < -0.3 is 19.6 Å². The van der Waals surface area contributed by atoms with E-state index in [-0.39, 0.29) is 6.04 Å². The Morgan fingerprint density at radius 2 is 2.08 bits per heavy atom. The first-order chi connectivity index (χ1) is 12.0. The summed E-state index contributed by atoms with van der Waals surface area (Å²) < 4.78 is 7.70. The van der Waals surface area contributed by atoms with Crippen LogP contribution in [-0.2, 0) is 13.6 Å². The summed E-state index contributed by atoms with van der Waals surface area (Å²) >= 11 is 0. The molecule has 1 aliphatic rings. The summed E-state index contributed by atoms with van der Waals surface area (Å²) in [4.78, 5) is 4.73. The zero-order valence-corrected chi connectivity index (χ0v) is 15.5. The summed E-state index contributed by atoms with van der Waals surface area (Å²) in [5, 5.41) is 15.3.